The molecule has 0 nitrogen and oxygen atoms in total. The van der Waals surface area contributed by atoms with Gasteiger partial charge in [-0.05, 0) is 37.8 Å². The van der Waals surface area contributed by atoms with E-state index in [0.717, 1.165) is 5.92 Å². The predicted octanol–water partition coefficient (Wildman–Crippen LogP) is 3.32. The van der Waals surface area contributed by atoms with E-state index in [1.807, 2.05) is 11.3 Å². The van der Waals surface area contributed by atoms with Crippen LogP contribution in [0, 0.1) is 6.92 Å². The van der Waals surface area contributed by atoms with Crippen LogP contribution in [0.3, 0.4) is 0 Å². The number of hydrogen-bond donors (Lipinski definition) is 0. The third-order valence-electron chi connectivity index (χ3n) is 2.27. The molecule has 0 bridgehead atoms. The molecule has 0 saturated heterocycles. The van der Waals surface area contributed by atoms with Gasteiger partial charge < -0.3 is 0 Å². The third-order valence-corrected chi connectivity index (χ3v) is 3.43. The molecule has 1 heteroatoms. The van der Waals surface area contributed by atoms with Gasteiger partial charge in [-0.15, -0.1) is 11.3 Å². The van der Waals surface area contributed by atoms with Crippen LogP contribution in [-0.2, 0) is 0 Å². The van der Waals surface area contributed by atoms with Crippen molar-refractivity contribution in [3.05, 3.63) is 21.9 Å². The quantitative estimate of drug-likeness (QED) is 0.579. The Balaban J connectivity index is 2.17. The van der Waals surface area contributed by atoms with E-state index in [9.17, 15) is 0 Å². The Morgan fingerprint density at radius 3 is 2.60 bits per heavy atom. The van der Waals surface area contributed by atoms with Crippen molar-refractivity contribution < 1.29 is 0 Å². The largest absolute Gasteiger partial charge is 0.145 e. The molecule has 54 valence electrons. The number of aryl methyl sites for hydroxylation is 1. The van der Waals surface area contributed by atoms with Crippen LogP contribution in [0.25, 0.3) is 0 Å². The Morgan fingerprint density at radius 1 is 1.40 bits per heavy atom. The van der Waals surface area contributed by atoms with Crippen LogP contribution in [0.1, 0.15) is 34.9 Å². The smallest absolute Gasteiger partial charge is 0.00790 e. The van der Waals surface area contributed by atoms with Crippen molar-refractivity contribution in [1.29, 1.82) is 0 Å². The van der Waals surface area contributed by atoms with Crippen LogP contribution < -0.4 is 0 Å². The monoisotopic (exact) mass is 152 g/mol. The van der Waals surface area contributed by atoms with Gasteiger partial charge in [0.15, 0.2) is 0 Å². The first-order valence-corrected chi connectivity index (χ1v) is 4.74. The van der Waals surface area contributed by atoms with E-state index in [-0.39, 0.29) is 0 Å². The van der Waals surface area contributed by atoms with Crippen LogP contribution in [0.15, 0.2) is 12.1 Å². The molecular weight excluding hydrogens is 140 g/mol. The first kappa shape index (κ1) is 6.41. The van der Waals surface area contributed by atoms with Gasteiger partial charge in [0.2, 0.25) is 0 Å². The summed E-state index contributed by atoms with van der Waals surface area (Å²) in [5, 5.41) is 0. The van der Waals surface area contributed by atoms with Gasteiger partial charge in [-0.2, -0.15) is 0 Å². The Kier molecular flexibility index (Phi) is 1.53. The molecule has 0 aromatic carbocycles. The van der Waals surface area contributed by atoms with Crippen LogP contribution in [-0.4, -0.2) is 0 Å². The SMILES string of the molecule is Cc1ccc(C2CCC2)s1. The molecule has 1 fully saturated rings. The molecule has 1 aliphatic rings. The maximum atomic E-state index is 2.30. The highest BCUT2D eigenvalue weighted by atomic mass is 32.1. The molecular formula is C9H12S. The summed E-state index contributed by atoms with van der Waals surface area (Å²) < 4.78 is 0. The first-order chi connectivity index (χ1) is 4.86. The molecule has 1 aromatic heterocycles. The van der Waals surface area contributed by atoms with Gasteiger partial charge in [-0.25, -0.2) is 0 Å². The zero-order chi connectivity index (χ0) is 6.97. The molecule has 1 heterocycles. The lowest BCUT2D eigenvalue weighted by Gasteiger charge is -2.23. The van der Waals surface area contributed by atoms with Crippen LogP contribution in [0.4, 0.5) is 0 Å². The minimum absolute atomic E-state index is 0.929. The fourth-order valence-electron chi connectivity index (χ4n) is 1.37. The second-order valence-electron chi connectivity index (χ2n) is 3.08. The predicted molar refractivity (Wildman–Crippen MR) is 45.6 cm³/mol. The van der Waals surface area contributed by atoms with E-state index in [0.29, 0.717) is 0 Å². The van der Waals surface area contributed by atoms with Crippen molar-refractivity contribution >= 4 is 11.3 Å². The second kappa shape index (κ2) is 2.39. The molecule has 2 rings (SSSR count). The number of hydrogen-bond acceptors (Lipinski definition) is 1. The van der Waals surface area contributed by atoms with Gasteiger partial charge in [0.1, 0.15) is 0 Å². The third kappa shape index (κ3) is 0.988. The molecule has 1 aliphatic carbocycles. The maximum absolute atomic E-state index is 2.30. The lowest BCUT2D eigenvalue weighted by molar-refractivity contribution is 0.426. The zero-order valence-corrected chi connectivity index (χ0v) is 7.08. The topological polar surface area (TPSA) is 0 Å². The second-order valence-corrected chi connectivity index (χ2v) is 4.40. The highest BCUT2D eigenvalue weighted by molar-refractivity contribution is 7.12. The molecule has 0 spiro atoms. The van der Waals surface area contributed by atoms with E-state index in [1.165, 1.54) is 24.1 Å². The van der Waals surface area contributed by atoms with Crippen molar-refractivity contribution in [3.63, 3.8) is 0 Å². The Hall–Kier alpha value is -0.300. The van der Waals surface area contributed by atoms with Crippen molar-refractivity contribution in [2.75, 3.05) is 0 Å². The summed E-state index contributed by atoms with van der Waals surface area (Å²) in [5.41, 5.74) is 0. The highest BCUT2D eigenvalue weighted by Gasteiger charge is 2.20. The molecule has 0 amide bonds. The Bertz CT molecular complexity index is 220. The molecule has 1 saturated carbocycles. The number of thiophene rings is 1. The van der Waals surface area contributed by atoms with Gasteiger partial charge in [0.25, 0.3) is 0 Å². The van der Waals surface area contributed by atoms with E-state index in [2.05, 4.69) is 19.1 Å². The fraction of sp³-hybridized carbons (Fsp3) is 0.556. The highest BCUT2D eigenvalue weighted by Crippen LogP contribution is 2.39. The minimum atomic E-state index is 0.929. The average molecular weight is 152 g/mol. The van der Waals surface area contributed by atoms with Crippen molar-refractivity contribution in [2.45, 2.75) is 32.1 Å². The molecule has 0 atom stereocenters. The van der Waals surface area contributed by atoms with Crippen LogP contribution in [0.2, 0.25) is 0 Å². The normalized spacial score (nSPS) is 18.9. The van der Waals surface area contributed by atoms with Crippen molar-refractivity contribution in [3.8, 4) is 0 Å². The van der Waals surface area contributed by atoms with E-state index in [1.54, 1.807) is 4.88 Å². The van der Waals surface area contributed by atoms with Crippen LogP contribution >= 0.6 is 11.3 Å². The first-order valence-electron chi connectivity index (χ1n) is 3.92. The number of rotatable bonds is 1. The summed E-state index contributed by atoms with van der Waals surface area (Å²) in [4.78, 5) is 3.07. The maximum Gasteiger partial charge on any atom is 0.00790 e. The summed E-state index contributed by atoms with van der Waals surface area (Å²) in [7, 11) is 0. The summed E-state index contributed by atoms with van der Waals surface area (Å²) >= 11 is 1.97. The van der Waals surface area contributed by atoms with E-state index < -0.39 is 0 Å². The van der Waals surface area contributed by atoms with Gasteiger partial charge >= 0.3 is 0 Å². The van der Waals surface area contributed by atoms with Gasteiger partial charge in [0.05, 0.1) is 0 Å². The summed E-state index contributed by atoms with van der Waals surface area (Å²) in [6.45, 7) is 2.19. The van der Waals surface area contributed by atoms with Crippen LogP contribution in [0.5, 0.6) is 0 Å². The molecule has 10 heavy (non-hydrogen) atoms. The summed E-state index contributed by atoms with van der Waals surface area (Å²) in [6.07, 6.45) is 4.31. The van der Waals surface area contributed by atoms with Crippen molar-refractivity contribution in [1.82, 2.24) is 0 Å². The lowest BCUT2D eigenvalue weighted by atomic mass is 9.84. The average Bonchev–Trinajstić information content (AvgIpc) is 2.10. The van der Waals surface area contributed by atoms with Gasteiger partial charge in [-0.3, -0.25) is 0 Å². The molecule has 0 aliphatic heterocycles. The minimum Gasteiger partial charge on any atom is -0.145 e. The Labute approximate surface area is 65.9 Å². The fourth-order valence-corrected chi connectivity index (χ4v) is 2.41. The van der Waals surface area contributed by atoms with Crippen molar-refractivity contribution in [2.24, 2.45) is 0 Å². The van der Waals surface area contributed by atoms with Gasteiger partial charge in [0, 0.05) is 9.75 Å². The van der Waals surface area contributed by atoms with Gasteiger partial charge in [-0.1, -0.05) is 6.42 Å². The molecule has 1 aromatic rings. The molecule has 0 radical (unpaired) electrons. The van der Waals surface area contributed by atoms with E-state index >= 15 is 0 Å². The van der Waals surface area contributed by atoms with E-state index in [4.69, 9.17) is 0 Å². The molecule has 0 unspecified atom stereocenters. The zero-order valence-electron chi connectivity index (χ0n) is 6.26. The summed E-state index contributed by atoms with van der Waals surface area (Å²) in [5.74, 6) is 0.929. The molecule has 0 N–H and O–H groups in total. The standard InChI is InChI=1S/C9H12S/c1-7-5-6-9(10-7)8-3-2-4-8/h5-6,8H,2-4H2,1H3. The Morgan fingerprint density at radius 2 is 2.20 bits per heavy atom. The summed E-state index contributed by atoms with van der Waals surface area (Å²) in [6, 6.07) is 4.53. The lowest BCUT2D eigenvalue weighted by Crippen LogP contribution is -2.06.